The second kappa shape index (κ2) is 4.41. The minimum absolute atomic E-state index is 0.0906. The Morgan fingerprint density at radius 3 is 2.50 bits per heavy atom. The summed E-state index contributed by atoms with van der Waals surface area (Å²) in [5.74, 6) is -1.04. The Hall–Kier alpha value is -1.89. The molecule has 1 aromatic rings. The Labute approximate surface area is 104 Å². The molecule has 1 aliphatic rings. The normalized spacial score (nSPS) is 16.2. The van der Waals surface area contributed by atoms with Crippen molar-refractivity contribution in [3.63, 3.8) is 0 Å². The van der Waals surface area contributed by atoms with Gasteiger partial charge in [-0.3, -0.25) is 0 Å². The lowest BCUT2D eigenvalue weighted by atomic mass is 10.2. The summed E-state index contributed by atoms with van der Waals surface area (Å²) in [6.07, 6.45) is 1.02. The number of nitrogens with two attached hydrogens (primary N) is 1. The molecule has 18 heavy (non-hydrogen) atoms. The van der Waals surface area contributed by atoms with Crippen LogP contribution in [0.2, 0.25) is 0 Å². The lowest BCUT2D eigenvalue weighted by Crippen LogP contribution is -2.34. The van der Waals surface area contributed by atoms with Crippen LogP contribution in [-0.2, 0) is 10.0 Å². The van der Waals surface area contributed by atoms with Gasteiger partial charge in [0.2, 0.25) is 0 Å². The van der Waals surface area contributed by atoms with Crippen LogP contribution in [-0.4, -0.2) is 25.6 Å². The maximum atomic E-state index is 13.3. The molecule has 2 N–H and O–H groups in total. The highest BCUT2D eigenvalue weighted by Crippen LogP contribution is 2.19. The number of sulfonamides is 1. The number of halogens is 1. The second-order valence-electron chi connectivity index (χ2n) is 3.90. The molecule has 1 heterocycles. The van der Waals surface area contributed by atoms with Crippen LogP contribution in [0.4, 0.5) is 4.39 Å². The SMILES string of the molecule is Cc1ccc(S(=O)(=O)N2C=NC(N)=C(F)C2)cc1. The van der Waals surface area contributed by atoms with E-state index < -0.39 is 22.4 Å². The minimum Gasteiger partial charge on any atom is -0.381 e. The van der Waals surface area contributed by atoms with Gasteiger partial charge in [0.05, 0.1) is 11.4 Å². The largest absolute Gasteiger partial charge is 0.381 e. The number of rotatable bonds is 2. The molecular formula is C11H12FN3O2S. The molecule has 5 nitrogen and oxygen atoms in total. The molecule has 0 unspecified atom stereocenters. The average molecular weight is 269 g/mol. The van der Waals surface area contributed by atoms with Crippen molar-refractivity contribution in [2.75, 3.05) is 6.54 Å². The van der Waals surface area contributed by atoms with E-state index in [1.165, 1.54) is 12.1 Å². The van der Waals surface area contributed by atoms with Gasteiger partial charge < -0.3 is 5.73 Å². The molecule has 0 bridgehead atoms. The van der Waals surface area contributed by atoms with Gasteiger partial charge >= 0.3 is 0 Å². The van der Waals surface area contributed by atoms with E-state index in [1.54, 1.807) is 12.1 Å². The predicted octanol–water partition coefficient (Wildman–Crippen LogP) is 1.12. The lowest BCUT2D eigenvalue weighted by molar-refractivity contribution is 0.489. The van der Waals surface area contributed by atoms with Crippen LogP contribution >= 0.6 is 0 Å². The van der Waals surface area contributed by atoms with Crippen LogP contribution in [0.15, 0.2) is 45.8 Å². The van der Waals surface area contributed by atoms with Crippen LogP contribution in [0.5, 0.6) is 0 Å². The predicted molar refractivity (Wildman–Crippen MR) is 65.9 cm³/mol. The standard InChI is InChI=1S/C11H12FN3O2S/c1-8-2-4-9(5-3-8)18(16,17)15-6-10(12)11(13)14-7-15/h2-5,7H,6,13H2,1H3. The Balaban J connectivity index is 2.34. The van der Waals surface area contributed by atoms with Gasteiger partial charge in [-0.15, -0.1) is 0 Å². The smallest absolute Gasteiger partial charge is 0.265 e. The van der Waals surface area contributed by atoms with E-state index in [0.717, 1.165) is 16.2 Å². The van der Waals surface area contributed by atoms with Crippen LogP contribution in [0.1, 0.15) is 5.56 Å². The molecule has 0 radical (unpaired) electrons. The van der Waals surface area contributed by atoms with Crippen molar-refractivity contribution in [2.24, 2.45) is 10.7 Å². The van der Waals surface area contributed by atoms with Crippen LogP contribution in [0, 0.1) is 6.92 Å². The molecule has 0 aliphatic carbocycles. The molecule has 7 heteroatoms. The van der Waals surface area contributed by atoms with Crippen molar-refractivity contribution >= 4 is 16.4 Å². The van der Waals surface area contributed by atoms with E-state index in [1.807, 2.05) is 6.92 Å². The van der Waals surface area contributed by atoms with Gasteiger partial charge in [-0.2, -0.15) is 0 Å². The fourth-order valence-corrected chi connectivity index (χ4v) is 2.65. The summed E-state index contributed by atoms with van der Waals surface area (Å²) < 4.78 is 38.4. The summed E-state index contributed by atoms with van der Waals surface area (Å²) in [4.78, 5) is 3.60. The topological polar surface area (TPSA) is 75.8 Å². The molecule has 1 aliphatic heterocycles. The quantitative estimate of drug-likeness (QED) is 0.874. The second-order valence-corrected chi connectivity index (χ2v) is 5.79. The van der Waals surface area contributed by atoms with E-state index in [9.17, 15) is 12.8 Å². The summed E-state index contributed by atoms with van der Waals surface area (Å²) in [7, 11) is -3.78. The third-order valence-corrected chi connectivity index (χ3v) is 4.23. The van der Waals surface area contributed by atoms with Gasteiger partial charge in [-0.1, -0.05) is 17.7 Å². The monoisotopic (exact) mass is 269 g/mol. The van der Waals surface area contributed by atoms with Crippen LogP contribution in [0.25, 0.3) is 0 Å². The fourth-order valence-electron chi connectivity index (χ4n) is 1.45. The summed E-state index contributed by atoms with van der Waals surface area (Å²) in [5, 5.41) is 0. The Bertz CT molecular complexity index is 620. The van der Waals surface area contributed by atoms with Gasteiger partial charge in [-0.25, -0.2) is 22.1 Å². The van der Waals surface area contributed by atoms with E-state index in [4.69, 9.17) is 5.73 Å². The average Bonchev–Trinajstić information content (AvgIpc) is 2.33. The number of aryl methyl sites for hydroxylation is 1. The number of hydrogen-bond donors (Lipinski definition) is 1. The van der Waals surface area contributed by atoms with Crippen LogP contribution in [0.3, 0.4) is 0 Å². The van der Waals surface area contributed by atoms with Gasteiger partial charge in [0.15, 0.2) is 11.6 Å². The Morgan fingerprint density at radius 2 is 1.94 bits per heavy atom. The molecule has 0 aromatic heterocycles. The first-order chi connectivity index (χ1) is 8.41. The summed E-state index contributed by atoms with van der Waals surface area (Å²) >= 11 is 0. The first-order valence-corrected chi connectivity index (χ1v) is 6.62. The number of nitrogens with zero attached hydrogens (tertiary/aromatic N) is 2. The number of aliphatic imine (C=N–C) groups is 1. The highest BCUT2D eigenvalue weighted by Gasteiger charge is 2.26. The first kappa shape index (κ1) is 12.6. The third kappa shape index (κ3) is 2.21. The van der Waals surface area contributed by atoms with E-state index in [2.05, 4.69) is 4.99 Å². The van der Waals surface area contributed by atoms with E-state index >= 15 is 0 Å². The zero-order valence-electron chi connectivity index (χ0n) is 9.67. The fraction of sp³-hybridized carbons (Fsp3) is 0.182. The van der Waals surface area contributed by atoms with Crippen molar-refractivity contribution in [1.82, 2.24) is 4.31 Å². The molecule has 2 rings (SSSR count). The molecule has 0 atom stereocenters. The van der Waals surface area contributed by atoms with Crippen molar-refractivity contribution in [3.8, 4) is 0 Å². The Morgan fingerprint density at radius 1 is 1.33 bits per heavy atom. The first-order valence-electron chi connectivity index (χ1n) is 5.18. The molecular weight excluding hydrogens is 257 g/mol. The number of hydrogen-bond acceptors (Lipinski definition) is 4. The van der Waals surface area contributed by atoms with Crippen molar-refractivity contribution in [3.05, 3.63) is 41.5 Å². The molecule has 0 spiro atoms. The maximum absolute atomic E-state index is 13.3. The maximum Gasteiger partial charge on any atom is 0.265 e. The van der Waals surface area contributed by atoms with Crippen LogP contribution < -0.4 is 5.73 Å². The Kier molecular flexibility index (Phi) is 3.08. The number of benzene rings is 1. The van der Waals surface area contributed by atoms with Gasteiger partial charge in [0.25, 0.3) is 10.0 Å². The van der Waals surface area contributed by atoms with E-state index in [0.29, 0.717) is 0 Å². The third-order valence-electron chi connectivity index (χ3n) is 2.53. The van der Waals surface area contributed by atoms with Crippen molar-refractivity contribution < 1.29 is 12.8 Å². The summed E-state index contributed by atoms with van der Waals surface area (Å²) in [6.45, 7) is 1.42. The van der Waals surface area contributed by atoms with Gasteiger partial charge in [0.1, 0.15) is 6.34 Å². The zero-order valence-corrected chi connectivity index (χ0v) is 10.5. The van der Waals surface area contributed by atoms with Gasteiger partial charge in [-0.05, 0) is 19.1 Å². The summed E-state index contributed by atoms with van der Waals surface area (Å²) in [6, 6.07) is 6.29. The molecule has 1 aromatic carbocycles. The lowest BCUT2D eigenvalue weighted by Gasteiger charge is -2.21. The zero-order chi connectivity index (χ0) is 13.3. The molecule has 96 valence electrons. The summed E-state index contributed by atoms with van der Waals surface area (Å²) in [5.41, 5.74) is 6.17. The van der Waals surface area contributed by atoms with Crippen molar-refractivity contribution in [1.29, 1.82) is 0 Å². The van der Waals surface area contributed by atoms with E-state index in [-0.39, 0.29) is 10.7 Å². The minimum atomic E-state index is -3.78. The molecule has 0 saturated heterocycles. The molecule has 0 amide bonds. The highest BCUT2D eigenvalue weighted by molar-refractivity contribution is 7.89. The van der Waals surface area contributed by atoms with Crippen molar-refractivity contribution in [2.45, 2.75) is 11.8 Å². The highest BCUT2D eigenvalue weighted by atomic mass is 32.2. The molecule has 0 saturated carbocycles. The van der Waals surface area contributed by atoms with Gasteiger partial charge in [0, 0.05) is 0 Å². The molecule has 0 fully saturated rings.